The number of anilines is 1. The van der Waals surface area contributed by atoms with Crippen LogP contribution in [0.25, 0.3) is 0 Å². The molecule has 148 valence electrons. The number of hydrogen-bond donors (Lipinski definition) is 1. The number of halogens is 1. The molecule has 2 N–H and O–H groups in total. The molecule has 0 aromatic heterocycles. The molecule has 6 nitrogen and oxygen atoms in total. The monoisotopic (exact) mass is 445 g/mol. The van der Waals surface area contributed by atoms with Gasteiger partial charge in [-0.25, -0.2) is 0 Å². The normalized spacial score (nSPS) is 17.2. The number of carbonyl (C=O) groups is 2. The molecule has 1 heterocycles. The van der Waals surface area contributed by atoms with Crippen molar-refractivity contribution in [1.82, 2.24) is 4.90 Å². The van der Waals surface area contributed by atoms with E-state index in [4.69, 9.17) is 10.5 Å². The topological polar surface area (TPSA) is 75.9 Å². The van der Waals surface area contributed by atoms with Crippen LogP contribution in [0, 0.1) is 0 Å². The predicted octanol–water partition coefficient (Wildman–Crippen LogP) is 2.73. The maximum Gasteiger partial charge on any atom is 0.241 e. The van der Waals surface area contributed by atoms with Gasteiger partial charge >= 0.3 is 0 Å². The van der Waals surface area contributed by atoms with Crippen LogP contribution in [0.3, 0.4) is 0 Å². The summed E-state index contributed by atoms with van der Waals surface area (Å²) in [6, 6.07) is 17.4. The van der Waals surface area contributed by atoms with Gasteiger partial charge in [-0.3, -0.25) is 14.5 Å². The molecule has 7 heteroatoms. The van der Waals surface area contributed by atoms with E-state index in [0.29, 0.717) is 19.7 Å². The molecule has 0 bridgehead atoms. The minimum atomic E-state index is -0.421. The van der Waals surface area contributed by atoms with Crippen molar-refractivity contribution in [3.63, 3.8) is 0 Å². The Morgan fingerprint density at radius 3 is 2.68 bits per heavy atom. The molecule has 2 aromatic carbocycles. The summed E-state index contributed by atoms with van der Waals surface area (Å²) < 4.78 is 6.91. The highest BCUT2D eigenvalue weighted by Gasteiger charge is 2.26. The number of nitrogens with zero attached hydrogens (tertiary/aromatic N) is 2. The lowest BCUT2D eigenvalue weighted by Gasteiger charge is -2.34. The Morgan fingerprint density at radius 1 is 1.18 bits per heavy atom. The first-order valence-corrected chi connectivity index (χ1v) is 10.1. The Morgan fingerprint density at radius 2 is 1.96 bits per heavy atom. The molecule has 28 heavy (non-hydrogen) atoms. The van der Waals surface area contributed by atoms with Gasteiger partial charge in [0.15, 0.2) is 0 Å². The van der Waals surface area contributed by atoms with Crippen molar-refractivity contribution < 1.29 is 14.3 Å². The van der Waals surface area contributed by atoms with E-state index in [2.05, 4.69) is 20.8 Å². The Kier molecular flexibility index (Phi) is 7.19. The van der Waals surface area contributed by atoms with Crippen molar-refractivity contribution >= 4 is 33.4 Å². The standard InChI is InChI=1S/C21H24BrN3O3/c22-17-6-4-5-16(13-17)19-14-24(11-12-28-19)15-21(27)25(10-9-20(23)26)18-7-2-1-3-8-18/h1-8,13,19H,9-12,14-15H2,(H2,23,26). The summed E-state index contributed by atoms with van der Waals surface area (Å²) in [6.45, 7) is 2.44. The van der Waals surface area contributed by atoms with Crippen molar-refractivity contribution in [2.45, 2.75) is 12.5 Å². The number of amides is 2. The lowest BCUT2D eigenvalue weighted by atomic mass is 10.1. The first-order chi connectivity index (χ1) is 13.5. The van der Waals surface area contributed by atoms with E-state index in [1.165, 1.54) is 0 Å². The molecular formula is C21H24BrN3O3. The SMILES string of the molecule is NC(=O)CCN(C(=O)CN1CCOC(c2cccc(Br)c2)C1)c1ccccc1. The molecule has 1 fully saturated rings. The number of ether oxygens (including phenoxy) is 1. The molecule has 2 amide bonds. The number of para-hydroxylation sites is 1. The van der Waals surface area contributed by atoms with E-state index < -0.39 is 5.91 Å². The van der Waals surface area contributed by atoms with Gasteiger partial charge in [0, 0.05) is 36.2 Å². The highest BCUT2D eigenvalue weighted by atomic mass is 79.9. The number of hydrogen-bond acceptors (Lipinski definition) is 4. The van der Waals surface area contributed by atoms with E-state index in [9.17, 15) is 9.59 Å². The van der Waals surface area contributed by atoms with Gasteiger partial charge < -0.3 is 15.4 Å². The van der Waals surface area contributed by atoms with Crippen LogP contribution in [-0.4, -0.2) is 49.5 Å². The molecular weight excluding hydrogens is 422 g/mol. The number of morpholine rings is 1. The van der Waals surface area contributed by atoms with Gasteiger partial charge in [0.1, 0.15) is 0 Å². The predicted molar refractivity (Wildman–Crippen MR) is 112 cm³/mol. The molecule has 0 radical (unpaired) electrons. The highest BCUT2D eigenvalue weighted by molar-refractivity contribution is 9.10. The second-order valence-electron chi connectivity index (χ2n) is 6.75. The second-order valence-corrected chi connectivity index (χ2v) is 7.66. The fourth-order valence-electron chi connectivity index (χ4n) is 3.26. The number of benzene rings is 2. The Labute approximate surface area is 173 Å². The average molecular weight is 446 g/mol. The quantitative estimate of drug-likeness (QED) is 0.710. The van der Waals surface area contributed by atoms with E-state index in [-0.39, 0.29) is 31.5 Å². The van der Waals surface area contributed by atoms with Gasteiger partial charge in [0.05, 0.1) is 19.3 Å². The largest absolute Gasteiger partial charge is 0.371 e. The van der Waals surface area contributed by atoms with Gasteiger partial charge in [-0.1, -0.05) is 46.3 Å². The van der Waals surface area contributed by atoms with Crippen LogP contribution in [0.4, 0.5) is 5.69 Å². The summed E-state index contributed by atoms with van der Waals surface area (Å²) >= 11 is 3.49. The molecule has 0 saturated carbocycles. The third-order valence-electron chi connectivity index (χ3n) is 4.68. The van der Waals surface area contributed by atoms with Crippen LogP contribution in [0.1, 0.15) is 18.1 Å². The van der Waals surface area contributed by atoms with Crippen molar-refractivity contribution in [2.75, 3.05) is 37.7 Å². The molecule has 3 rings (SSSR count). The lowest BCUT2D eigenvalue weighted by molar-refractivity contribution is -0.122. The molecule has 1 unspecified atom stereocenters. The fourth-order valence-corrected chi connectivity index (χ4v) is 3.68. The third kappa shape index (κ3) is 5.64. The maximum atomic E-state index is 13.0. The average Bonchev–Trinajstić information content (AvgIpc) is 2.69. The zero-order valence-corrected chi connectivity index (χ0v) is 17.2. The summed E-state index contributed by atoms with van der Waals surface area (Å²) in [5.41, 5.74) is 7.14. The summed E-state index contributed by atoms with van der Waals surface area (Å²) in [6.07, 6.45) is 0.0552. The number of primary amides is 1. The van der Waals surface area contributed by atoms with Crippen molar-refractivity contribution in [2.24, 2.45) is 5.73 Å². The maximum absolute atomic E-state index is 13.0. The third-order valence-corrected chi connectivity index (χ3v) is 5.17. The molecule has 1 atom stereocenters. The minimum absolute atomic E-state index is 0.0534. The Balaban J connectivity index is 1.67. The van der Waals surface area contributed by atoms with Crippen molar-refractivity contribution in [3.8, 4) is 0 Å². The number of nitrogens with two attached hydrogens (primary N) is 1. The second kappa shape index (κ2) is 9.82. The van der Waals surface area contributed by atoms with E-state index in [1.807, 2.05) is 54.6 Å². The first kappa shape index (κ1) is 20.5. The Hall–Kier alpha value is -2.22. The van der Waals surface area contributed by atoms with Crippen LogP contribution >= 0.6 is 15.9 Å². The molecule has 1 aliphatic heterocycles. The number of rotatable bonds is 7. The van der Waals surface area contributed by atoms with Crippen LogP contribution in [0.15, 0.2) is 59.1 Å². The van der Waals surface area contributed by atoms with Gasteiger partial charge in [-0.15, -0.1) is 0 Å². The molecule has 0 aliphatic carbocycles. The highest BCUT2D eigenvalue weighted by Crippen LogP contribution is 2.25. The van der Waals surface area contributed by atoms with Crippen LogP contribution < -0.4 is 10.6 Å². The van der Waals surface area contributed by atoms with Crippen LogP contribution in [0.2, 0.25) is 0 Å². The van der Waals surface area contributed by atoms with E-state index in [1.54, 1.807) is 4.90 Å². The van der Waals surface area contributed by atoms with Gasteiger partial charge in [-0.05, 0) is 29.8 Å². The molecule has 2 aromatic rings. The Bertz CT molecular complexity index is 816. The van der Waals surface area contributed by atoms with Crippen molar-refractivity contribution in [1.29, 1.82) is 0 Å². The van der Waals surface area contributed by atoms with Crippen molar-refractivity contribution in [3.05, 3.63) is 64.6 Å². The summed E-state index contributed by atoms with van der Waals surface area (Å²) in [7, 11) is 0. The molecule has 1 aliphatic rings. The van der Waals surface area contributed by atoms with E-state index >= 15 is 0 Å². The molecule has 1 saturated heterocycles. The zero-order chi connectivity index (χ0) is 19.9. The molecule has 0 spiro atoms. The van der Waals surface area contributed by atoms with E-state index in [0.717, 1.165) is 15.7 Å². The lowest BCUT2D eigenvalue weighted by Crippen LogP contribution is -2.46. The first-order valence-electron chi connectivity index (χ1n) is 9.26. The van der Waals surface area contributed by atoms with Crippen LogP contribution in [-0.2, 0) is 14.3 Å². The summed E-state index contributed by atoms with van der Waals surface area (Å²) in [5.74, 6) is -0.475. The summed E-state index contributed by atoms with van der Waals surface area (Å²) in [5, 5.41) is 0. The fraction of sp³-hybridized carbons (Fsp3) is 0.333. The van der Waals surface area contributed by atoms with Gasteiger partial charge in [-0.2, -0.15) is 0 Å². The van der Waals surface area contributed by atoms with Gasteiger partial charge in [0.2, 0.25) is 11.8 Å². The minimum Gasteiger partial charge on any atom is -0.371 e. The summed E-state index contributed by atoms with van der Waals surface area (Å²) in [4.78, 5) is 28.0. The van der Waals surface area contributed by atoms with Gasteiger partial charge in [0.25, 0.3) is 0 Å². The van der Waals surface area contributed by atoms with Crippen LogP contribution in [0.5, 0.6) is 0 Å². The number of carbonyl (C=O) groups excluding carboxylic acids is 2. The smallest absolute Gasteiger partial charge is 0.241 e. The zero-order valence-electron chi connectivity index (χ0n) is 15.6.